The van der Waals surface area contributed by atoms with Gasteiger partial charge in [0, 0.05) is 37.8 Å². The summed E-state index contributed by atoms with van der Waals surface area (Å²) in [6, 6.07) is 26.9. The normalized spacial score (nSPS) is 14.0. The van der Waals surface area contributed by atoms with Crippen molar-refractivity contribution >= 4 is 17.6 Å². The molecule has 35 heavy (non-hydrogen) atoms. The highest BCUT2D eigenvalue weighted by Gasteiger charge is 2.28. The van der Waals surface area contributed by atoms with Crippen LogP contribution in [0.4, 0.5) is 5.69 Å². The van der Waals surface area contributed by atoms with Crippen LogP contribution in [0.2, 0.25) is 0 Å². The van der Waals surface area contributed by atoms with Gasteiger partial charge >= 0.3 is 5.97 Å². The first kappa shape index (κ1) is 26.0. The second-order valence-electron chi connectivity index (χ2n) is 8.58. The van der Waals surface area contributed by atoms with Crippen molar-refractivity contribution in [2.75, 3.05) is 24.5 Å². The van der Waals surface area contributed by atoms with Crippen LogP contribution in [0.15, 0.2) is 84.9 Å². The highest BCUT2D eigenvalue weighted by Crippen LogP contribution is 2.24. The average molecular weight is 475 g/mol. The van der Waals surface area contributed by atoms with Crippen LogP contribution in [0.5, 0.6) is 5.75 Å². The third-order valence-electron chi connectivity index (χ3n) is 6.22. The molecule has 0 bridgehead atoms. The Balaban J connectivity index is 0.000000287. The van der Waals surface area contributed by atoms with Crippen molar-refractivity contribution in [1.29, 1.82) is 0 Å². The van der Waals surface area contributed by atoms with Gasteiger partial charge in [0.25, 0.3) is 0 Å². The van der Waals surface area contributed by atoms with E-state index in [9.17, 15) is 9.59 Å². The minimum Gasteiger partial charge on any atom is -0.507 e. The summed E-state index contributed by atoms with van der Waals surface area (Å²) in [7, 11) is 0. The first-order valence-electron chi connectivity index (χ1n) is 12.1. The number of phenols is 1. The quantitative estimate of drug-likeness (QED) is 0.490. The molecule has 1 aliphatic rings. The lowest BCUT2D eigenvalue weighted by Gasteiger charge is -2.38. The van der Waals surface area contributed by atoms with Crippen LogP contribution in [0.25, 0.3) is 0 Å². The van der Waals surface area contributed by atoms with Crippen LogP contribution in [0, 0.1) is 0 Å². The number of carbonyl (C=O) groups excluding carboxylic acids is 1. The molecule has 3 aromatic carbocycles. The summed E-state index contributed by atoms with van der Waals surface area (Å²) in [4.78, 5) is 27.3. The topological polar surface area (TPSA) is 81.1 Å². The Bertz CT molecular complexity index is 1060. The maximum atomic E-state index is 12.5. The molecule has 2 N–H and O–H groups in total. The summed E-state index contributed by atoms with van der Waals surface area (Å²) in [6.07, 6.45) is 3.76. The van der Waals surface area contributed by atoms with Gasteiger partial charge in [0.1, 0.15) is 11.3 Å². The van der Waals surface area contributed by atoms with Gasteiger partial charge in [-0.15, -0.1) is 0 Å². The number of likely N-dealkylation sites (tertiary alicyclic amines) is 1. The van der Waals surface area contributed by atoms with E-state index < -0.39 is 5.97 Å². The first-order chi connectivity index (χ1) is 17.0. The summed E-state index contributed by atoms with van der Waals surface area (Å²) >= 11 is 0. The zero-order valence-corrected chi connectivity index (χ0v) is 20.2. The first-order valence-corrected chi connectivity index (χ1v) is 12.1. The van der Waals surface area contributed by atoms with Gasteiger partial charge in [-0.2, -0.15) is 0 Å². The zero-order valence-electron chi connectivity index (χ0n) is 20.2. The third kappa shape index (κ3) is 7.69. The van der Waals surface area contributed by atoms with Crippen LogP contribution in [0.3, 0.4) is 0 Å². The largest absolute Gasteiger partial charge is 0.507 e. The van der Waals surface area contributed by atoms with Gasteiger partial charge in [-0.3, -0.25) is 4.79 Å². The van der Waals surface area contributed by atoms with Crippen LogP contribution < -0.4 is 4.90 Å². The number of hydrogen-bond acceptors (Lipinski definition) is 4. The minimum absolute atomic E-state index is 0.0671. The number of piperidine rings is 1. The number of benzene rings is 3. The maximum Gasteiger partial charge on any atom is 0.339 e. The Morgan fingerprint density at radius 3 is 2.00 bits per heavy atom. The standard InChI is InChI=1S/C22H28N2O.C7H6O3/c1-2-22(25)24(20-11-7-4-8-12-20)21-14-17-23(18-15-21)16-13-19-9-5-3-6-10-19;8-6-4-2-1-3-5(6)7(9)10/h3-12,21H,2,13-18H2,1H3;1-4,8H,(H,9,10). The van der Waals surface area contributed by atoms with Crippen molar-refractivity contribution < 1.29 is 19.8 Å². The number of carboxylic acids is 1. The predicted molar refractivity (Wildman–Crippen MR) is 139 cm³/mol. The number of carbonyl (C=O) groups is 2. The Morgan fingerprint density at radius 1 is 0.886 bits per heavy atom. The molecule has 184 valence electrons. The fraction of sp³-hybridized carbons (Fsp3) is 0.310. The summed E-state index contributed by atoms with van der Waals surface area (Å²) in [6.45, 7) is 5.19. The smallest absolute Gasteiger partial charge is 0.339 e. The van der Waals surface area contributed by atoms with Crippen molar-refractivity contribution in [3.05, 3.63) is 96.1 Å². The monoisotopic (exact) mass is 474 g/mol. The fourth-order valence-electron chi connectivity index (χ4n) is 4.30. The molecule has 0 saturated carbocycles. The molecular weight excluding hydrogens is 440 g/mol. The van der Waals surface area contributed by atoms with Gasteiger partial charge in [0.15, 0.2) is 0 Å². The number of hydrogen-bond donors (Lipinski definition) is 2. The number of aromatic carboxylic acids is 1. The number of nitrogens with zero attached hydrogens (tertiary/aromatic N) is 2. The van der Waals surface area contributed by atoms with Crippen molar-refractivity contribution in [2.45, 2.75) is 38.6 Å². The highest BCUT2D eigenvalue weighted by molar-refractivity contribution is 5.93. The van der Waals surface area contributed by atoms with Crippen LogP contribution in [-0.4, -0.2) is 52.7 Å². The van der Waals surface area contributed by atoms with E-state index in [-0.39, 0.29) is 17.2 Å². The van der Waals surface area contributed by atoms with E-state index in [4.69, 9.17) is 10.2 Å². The fourth-order valence-corrected chi connectivity index (χ4v) is 4.30. The second-order valence-corrected chi connectivity index (χ2v) is 8.58. The third-order valence-corrected chi connectivity index (χ3v) is 6.22. The lowest BCUT2D eigenvalue weighted by Crippen LogP contribution is -2.47. The number of para-hydroxylation sites is 2. The molecule has 3 aromatic rings. The van der Waals surface area contributed by atoms with E-state index in [2.05, 4.69) is 47.4 Å². The predicted octanol–water partition coefficient (Wildman–Crippen LogP) is 5.23. The van der Waals surface area contributed by atoms with E-state index in [0.29, 0.717) is 12.5 Å². The average Bonchev–Trinajstić information content (AvgIpc) is 2.90. The number of anilines is 1. The SMILES string of the molecule is CCC(=O)N(c1ccccc1)C1CCN(CCc2ccccc2)CC1.O=C(O)c1ccccc1O. The Morgan fingerprint density at radius 2 is 1.46 bits per heavy atom. The van der Waals surface area contributed by atoms with E-state index in [1.807, 2.05) is 30.0 Å². The molecule has 4 rings (SSSR count). The molecular formula is C29H34N2O4. The maximum absolute atomic E-state index is 12.5. The molecule has 6 heteroatoms. The molecule has 6 nitrogen and oxygen atoms in total. The lowest BCUT2D eigenvalue weighted by atomic mass is 10.0. The number of amides is 1. The molecule has 0 spiro atoms. The van der Waals surface area contributed by atoms with Gasteiger partial charge in [0.05, 0.1) is 0 Å². The summed E-state index contributed by atoms with van der Waals surface area (Å²) < 4.78 is 0. The van der Waals surface area contributed by atoms with Crippen molar-refractivity contribution in [3.63, 3.8) is 0 Å². The van der Waals surface area contributed by atoms with E-state index >= 15 is 0 Å². The van der Waals surface area contributed by atoms with E-state index in [1.54, 1.807) is 12.1 Å². The molecule has 1 heterocycles. The Labute approximate surface area is 207 Å². The molecule has 1 amide bonds. The molecule has 1 fully saturated rings. The van der Waals surface area contributed by atoms with E-state index in [0.717, 1.165) is 44.6 Å². The van der Waals surface area contributed by atoms with Crippen LogP contribution in [0.1, 0.15) is 42.1 Å². The number of rotatable bonds is 7. The Hall–Kier alpha value is -3.64. The van der Waals surface area contributed by atoms with Gasteiger partial charge in [-0.1, -0.05) is 67.6 Å². The number of aromatic hydroxyl groups is 1. The van der Waals surface area contributed by atoms with Gasteiger partial charge in [0.2, 0.25) is 5.91 Å². The summed E-state index contributed by atoms with van der Waals surface area (Å²) in [5, 5.41) is 17.3. The molecule has 0 atom stereocenters. The highest BCUT2D eigenvalue weighted by atomic mass is 16.4. The molecule has 0 unspecified atom stereocenters. The molecule has 0 aliphatic carbocycles. The van der Waals surface area contributed by atoms with Crippen molar-refractivity contribution in [1.82, 2.24) is 4.90 Å². The van der Waals surface area contributed by atoms with Gasteiger partial charge in [-0.25, -0.2) is 4.79 Å². The lowest BCUT2D eigenvalue weighted by molar-refractivity contribution is -0.119. The Kier molecular flexibility index (Phi) is 9.87. The molecule has 1 saturated heterocycles. The van der Waals surface area contributed by atoms with E-state index in [1.165, 1.54) is 17.7 Å². The van der Waals surface area contributed by atoms with Crippen molar-refractivity contribution in [2.24, 2.45) is 0 Å². The number of carboxylic acid groups (broad SMARTS) is 1. The minimum atomic E-state index is -1.11. The van der Waals surface area contributed by atoms with Crippen LogP contribution >= 0.6 is 0 Å². The summed E-state index contributed by atoms with van der Waals surface area (Å²) in [5.41, 5.74) is 2.37. The molecule has 0 aromatic heterocycles. The molecule has 1 aliphatic heterocycles. The second kappa shape index (κ2) is 13.3. The van der Waals surface area contributed by atoms with Crippen molar-refractivity contribution in [3.8, 4) is 5.75 Å². The molecule has 0 radical (unpaired) electrons. The van der Waals surface area contributed by atoms with Gasteiger partial charge < -0.3 is 20.0 Å². The van der Waals surface area contributed by atoms with Gasteiger partial charge in [-0.05, 0) is 49.1 Å². The van der Waals surface area contributed by atoms with Crippen LogP contribution in [-0.2, 0) is 11.2 Å². The zero-order chi connectivity index (χ0) is 25.0. The summed E-state index contributed by atoms with van der Waals surface area (Å²) in [5.74, 6) is -1.08.